The maximum atomic E-state index is 11.5. The molecule has 4 heteroatoms. The summed E-state index contributed by atoms with van der Waals surface area (Å²) >= 11 is 6.16. The van der Waals surface area contributed by atoms with Crippen molar-refractivity contribution in [1.29, 1.82) is 0 Å². The van der Waals surface area contributed by atoms with E-state index < -0.39 is 0 Å². The number of halogens is 1. The first-order valence-corrected chi connectivity index (χ1v) is 7.17. The molecule has 1 N–H and O–H groups in total. The Bertz CT molecular complexity index is 455. The maximum Gasteiger partial charge on any atom is 0.223 e. The van der Waals surface area contributed by atoms with Gasteiger partial charge in [-0.25, -0.2) is 0 Å². The topological polar surface area (TPSA) is 38.3 Å². The number of rotatable bonds is 6. The summed E-state index contributed by atoms with van der Waals surface area (Å²) in [5.74, 6) is 1.17. The van der Waals surface area contributed by atoms with E-state index in [1.165, 1.54) is 0 Å². The van der Waals surface area contributed by atoms with Crippen molar-refractivity contribution in [2.45, 2.75) is 39.2 Å². The fourth-order valence-electron chi connectivity index (χ4n) is 1.87. The van der Waals surface area contributed by atoms with Crippen molar-refractivity contribution in [1.82, 2.24) is 5.32 Å². The number of benzene rings is 1. The second-order valence-corrected chi connectivity index (χ2v) is 5.65. The molecular weight excluding hydrogens is 262 g/mol. The van der Waals surface area contributed by atoms with E-state index in [4.69, 9.17) is 16.3 Å². The second kappa shape index (κ2) is 6.29. The zero-order valence-electron chi connectivity index (χ0n) is 11.4. The lowest BCUT2D eigenvalue weighted by Crippen LogP contribution is -2.26. The highest BCUT2D eigenvalue weighted by atomic mass is 35.5. The van der Waals surface area contributed by atoms with Gasteiger partial charge in [-0.05, 0) is 50.8 Å². The molecule has 1 aromatic rings. The van der Waals surface area contributed by atoms with Crippen LogP contribution in [0.2, 0.25) is 5.02 Å². The van der Waals surface area contributed by atoms with Gasteiger partial charge in [0.15, 0.2) is 0 Å². The first-order valence-electron chi connectivity index (χ1n) is 6.79. The molecule has 0 spiro atoms. The molecule has 1 amide bonds. The molecule has 1 aliphatic rings. The predicted molar refractivity (Wildman–Crippen MR) is 76.7 cm³/mol. The average Bonchev–Trinajstić information content (AvgIpc) is 3.16. The lowest BCUT2D eigenvalue weighted by Gasteiger charge is -2.12. The monoisotopic (exact) mass is 281 g/mol. The van der Waals surface area contributed by atoms with Crippen LogP contribution in [0, 0.1) is 5.92 Å². The molecule has 2 rings (SSSR count). The van der Waals surface area contributed by atoms with E-state index in [1.807, 2.05) is 32.0 Å². The lowest BCUT2D eigenvalue weighted by atomic mass is 10.1. The minimum absolute atomic E-state index is 0.112. The molecule has 0 unspecified atom stereocenters. The van der Waals surface area contributed by atoms with Gasteiger partial charge in [-0.2, -0.15) is 0 Å². The summed E-state index contributed by atoms with van der Waals surface area (Å²) in [6.45, 7) is 4.60. The van der Waals surface area contributed by atoms with Gasteiger partial charge >= 0.3 is 0 Å². The molecule has 1 aromatic carbocycles. The van der Waals surface area contributed by atoms with Gasteiger partial charge in [-0.15, -0.1) is 0 Å². The van der Waals surface area contributed by atoms with Crippen LogP contribution >= 0.6 is 11.6 Å². The van der Waals surface area contributed by atoms with Crippen LogP contribution in [-0.4, -0.2) is 18.6 Å². The Morgan fingerprint density at radius 1 is 1.47 bits per heavy atom. The number of hydrogen-bond donors (Lipinski definition) is 1. The fraction of sp³-hybridized carbons (Fsp3) is 0.533. The van der Waals surface area contributed by atoms with Crippen LogP contribution in [0.15, 0.2) is 18.2 Å². The standard InChI is InChI=1S/C15H20ClNO2/c1-10(2)19-14-6-3-11(9-13(14)16)7-8-17-15(18)12-4-5-12/h3,6,9-10,12H,4-5,7-8H2,1-2H3,(H,17,18). The Kier molecular flexibility index (Phi) is 4.70. The van der Waals surface area contributed by atoms with Gasteiger partial charge < -0.3 is 10.1 Å². The summed E-state index contributed by atoms with van der Waals surface area (Å²) < 4.78 is 5.58. The average molecular weight is 282 g/mol. The smallest absolute Gasteiger partial charge is 0.223 e. The van der Waals surface area contributed by atoms with Crippen LogP contribution in [0.3, 0.4) is 0 Å². The lowest BCUT2D eigenvalue weighted by molar-refractivity contribution is -0.122. The number of carbonyl (C=O) groups is 1. The number of nitrogens with one attached hydrogen (secondary N) is 1. The minimum Gasteiger partial charge on any atom is -0.489 e. The molecule has 1 saturated carbocycles. The Hall–Kier alpha value is -1.22. The molecule has 1 fully saturated rings. The van der Waals surface area contributed by atoms with Crippen LogP contribution in [0.5, 0.6) is 5.75 Å². The van der Waals surface area contributed by atoms with Crippen LogP contribution in [-0.2, 0) is 11.2 Å². The molecule has 0 heterocycles. The van der Waals surface area contributed by atoms with Gasteiger partial charge in [0.1, 0.15) is 5.75 Å². The molecule has 0 saturated heterocycles. The van der Waals surface area contributed by atoms with Crippen LogP contribution in [0.25, 0.3) is 0 Å². The molecule has 104 valence electrons. The fourth-order valence-corrected chi connectivity index (χ4v) is 2.12. The van der Waals surface area contributed by atoms with E-state index in [0.717, 1.165) is 24.8 Å². The number of carbonyl (C=O) groups excluding carboxylic acids is 1. The first kappa shape index (κ1) is 14.2. The normalized spacial score (nSPS) is 14.5. The van der Waals surface area contributed by atoms with Gasteiger partial charge in [0.05, 0.1) is 11.1 Å². The van der Waals surface area contributed by atoms with E-state index in [9.17, 15) is 4.79 Å². The SMILES string of the molecule is CC(C)Oc1ccc(CCNC(=O)C2CC2)cc1Cl. The number of hydrogen-bond acceptors (Lipinski definition) is 2. The molecule has 0 atom stereocenters. The summed E-state index contributed by atoms with van der Waals surface area (Å²) in [5, 5.41) is 3.57. The molecule has 0 aromatic heterocycles. The Labute approximate surface area is 119 Å². The molecule has 1 aliphatic carbocycles. The van der Waals surface area contributed by atoms with Gasteiger partial charge in [-0.3, -0.25) is 4.79 Å². The molecule has 3 nitrogen and oxygen atoms in total. The molecule has 19 heavy (non-hydrogen) atoms. The maximum absolute atomic E-state index is 11.5. The first-order chi connectivity index (χ1) is 9.06. The van der Waals surface area contributed by atoms with Crippen molar-refractivity contribution < 1.29 is 9.53 Å². The molecule has 0 radical (unpaired) electrons. The zero-order chi connectivity index (χ0) is 13.8. The summed E-state index contributed by atoms with van der Waals surface area (Å²) in [6.07, 6.45) is 2.99. The van der Waals surface area contributed by atoms with Crippen molar-refractivity contribution in [3.8, 4) is 5.75 Å². The highest BCUT2D eigenvalue weighted by Crippen LogP contribution is 2.29. The number of amides is 1. The van der Waals surface area contributed by atoms with Crippen LogP contribution in [0.1, 0.15) is 32.3 Å². The van der Waals surface area contributed by atoms with E-state index in [-0.39, 0.29) is 17.9 Å². The van der Waals surface area contributed by atoms with E-state index in [1.54, 1.807) is 0 Å². The van der Waals surface area contributed by atoms with Gasteiger partial charge in [0.2, 0.25) is 5.91 Å². The van der Waals surface area contributed by atoms with Crippen molar-refractivity contribution in [2.24, 2.45) is 5.92 Å². The molecule has 0 bridgehead atoms. The summed E-state index contributed by atoms with van der Waals surface area (Å²) in [6, 6.07) is 5.79. The minimum atomic E-state index is 0.112. The van der Waals surface area contributed by atoms with Crippen molar-refractivity contribution in [2.75, 3.05) is 6.54 Å². The van der Waals surface area contributed by atoms with E-state index >= 15 is 0 Å². The van der Waals surface area contributed by atoms with Gasteiger partial charge in [0, 0.05) is 12.5 Å². The largest absolute Gasteiger partial charge is 0.489 e. The zero-order valence-corrected chi connectivity index (χ0v) is 12.2. The summed E-state index contributed by atoms with van der Waals surface area (Å²) in [4.78, 5) is 11.5. The quantitative estimate of drug-likeness (QED) is 0.870. The third-order valence-corrected chi connectivity index (χ3v) is 3.32. The Morgan fingerprint density at radius 2 is 2.21 bits per heavy atom. The molecular formula is C15H20ClNO2. The Morgan fingerprint density at radius 3 is 2.79 bits per heavy atom. The second-order valence-electron chi connectivity index (χ2n) is 5.25. The van der Waals surface area contributed by atoms with Gasteiger partial charge in [-0.1, -0.05) is 17.7 Å². The van der Waals surface area contributed by atoms with Crippen molar-refractivity contribution in [3.05, 3.63) is 28.8 Å². The van der Waals surface area contributed by atoms with E-state index in [0.29, 0.717) is 17.3 Å². The van der Waals surface area contributed by atoms with E-state index in [2.05, 4.69) is 5.32 Å². The Balaban J connectivity index is 1.83. The summed E-state index contributed by atoms with van der Waals surface area (Å²) in [5.41, 5.74) is 1.11. The number of ether oxygens (including phenoxy) is 1. The van der Waals surface area contributed by atoms with Crippen molar-refractivity contribution in [3.63, 3.8) is 0 Å². The molecule has 0 aliphatic heterocycles. The highest BCUT2D eigenvalue weighted by Gasteiger charge is 2.28. The van der Waals surface area contributed by atoms with Crippen LogP contribution in [0.4, 0.5) is 0 Å². The van der Waals surface area contributed by atoms with Crippen molar-refractivity contribution >= 4 is 17.5 Å². The predicted octanol–water partition coefficient (Wildman–Crippen LogP) is 3.20. The highest BCUT2D eigenvalue weighted by molar-refractivity contribution is 6.32. The third-order valence-electron chi connectivity index (χ3n) is 3.02. The summed E-state index contributed by atoms with van der Waals surface area (Å²) in [7, 11) is 0. The third kappa shape index (κ3) is 4.43. The van der Waals surface area contributed by atoms with Crippen LogP contribution < -0.4 is 10.1 Å². The van der Waals surface area contributed by atoms with Gasteiger partial charge in [0.25, 0.3) is 0 Å².